The molecule has 1 heterocycles. The fourth-order valence-electron chi connectivity index (χ4n) is 2.37. The molecule has 1 saturated heterocycles. The molecule has 0 bridgehead atoms. The Bertz CT molecular complexity index is 465. The number of nitrogens with zero attached hydrogens (tertiary/aromatic N) is 1. The molecule has 130 valence electrons. The molecule has 5 nitrogen and oxygen atoms in total. The van der Waals surface area contributed by atoms with E-state index in [9.17, 15) is 4.79 Å². The van der Waals surface area contributed by atoms with E-state index >= 15 is 0 Å². The minimum Gasteiger partial charge on any atom is -0.484 e. The molecule has 0 radical (unpaired) electrons. The smallest absolute Gasteiger partial charge is 0.260 e. The van der Waals surface area contributed by atoms with Crippen LogP contribution < -0.4 is 10.5 Å². The Hall–Kier alpha value is -0.820. The van der Waals surface area contributed by atoms with Gasteiger partial charge in [-0.1, -0.05) is 15.9 Å². The second-order valence-corrected chi connectivity index (χ2v) is 6.25. The van der Waals surface area contributed by atoms with Crippen molar-refractivity contribution in [2.75, 3.05) is 32.8 Å². The van der Waals surface area contributed by atoms with Crippen LogP contribution in [0.1, 0.15) is 19.3 Å². The summed E-state index contributed by atoms with van der Waals surface area (Å²) in [6.45, 7) is 2.92. The van der Waals surface area contributed by atoms with Gasteiger partial charge in [-0.05, 0) is 50.1 Å². The third-order valence-electron chi connectivity index (χ3n) is 3.67. The number of carbonyl (C=O) groups is 1. The second-order valence-electron chi connectivity index (χ2n) is 5.34. The number of likely N-dealkylation sites (tertiary alicyclic amines) is 1. The van der Waals surface area contributed by atoms with Crippen LogP contribution in [0.15, 0.2) is 28.7 Å². The van der Waals surface area contributed by atoms with Crippen LogP contribution in [0.4, 0.5) is 0 Å². The second kappa shape index (κ2) is 10.9. The molecule has 7 heteroatoms. The first-order chi connectivity index (χ1) is 10.7. The van der Waals surface area contributed by atoms with E-state index in [1.165, 1.54) is 0 Å². The van der Waals surface area contributed by atoms with Crippen molar-refractivity contribution in [3.8, 4) is 5.75 Å². The number of halogens is 2. The van der Waals surface area contributed by atoms with Gasteiger partial charge < -0.3 is 20.1 Å². The number of nitrogens with two attached hydrogens (primary N) is 1. The SMILES string of the molecule is Cl.NCCCOC1CCN(C(=O)COc2ccc(Br)cc2)CC1. The van der Waals surface area contributed by atoms with Gasteiger partial charge >= 0.3 is 0 Å². The molecular formula is C16H24BrClN2O3. The number of carbonyl (C=O) groups excluding carboxylic acids is 1. The van der Waals surface area contributed by atoms with E-state index in [4.69, 9.17) is 15.2 Å². The molecule has 0 saturated carbocycles. The number of hydrogen-bond acceptors (Lipinski definition) is 4. The molecule has 1 aromatic rings. The molecule has 0 aromatic heterocycles. The van der Waals surface area contributed by atoms with Crippen LogP contribution in [0.3, 0.4) is 0 Å². The maximum atomic E-state index is 12.1. The van der Waals surface area contributed by atoms with Crippen molar-refractivity contribution in [1.82, 2.24) is 4.90 Å². The van der Waals surface area contributed by atoms with E-state index in [-0.39, 0.29) is 31.0 Å². The summed E-state index contributed by atoms with van der Waals surface area (Å²) < 4.78 is 12.3. The highest BCUT2D eigenvalue weighted by Gasteiger charge is 2.23. The first-order valence-electron chi connectivity index (χ1n) is 7.67. The average molecular weight is 408 g/mol. The lowest BCUT2D eigenvalue weighted by Crippen LogP contribution is -2.43. The van der Waals surface area contributed by atoms with Gasteiger partial charge in [-0.25, -0.2) is 0 Å². The first-order valence-corrected chi connectivity index (χ1v) is 8.46. The molecule has 0 spiro atoms. The Balaban J connectivity index is 0.00000264. The van der Waals surface area contributed by atoms with E-state index in [0.29, 0.717) is 18.9 Å². The Morgan fingerprint density at radius 1 is 1.26 bits per heavy atom. The molecule has 1 aliphatic heterocycles. The van der Waals surface area contributed by atoms with Gasteiger partial charge in [-0.15, -0.1) is 12.4 Å². The number of hydrogen-bond donors (Lipinski definition) is 1. The molecule has 1 aromatic carbocycles. The average Bonchev–Trinajstić information content (AvgIpc) is 2.55. The van der Waals surface area contributed by atoms with Crippen molar-refractivity contribution in [2.24, 2.45) is 5.73 Å². The van der Waals surface area contributed by atoms with Gasteiger partial charge in [0.1, 0.15) is 5.75 Å². The van der Waals surface area contributed by atoms with Crippen LogP contribution in [0.5, 0.6) is 5.75 Å². The standard InChI is InChI=1S/C16H23BrN2O3.ClH/c17-13-2-4-14(5-3-13)22-12-16(20)19-9-6-15(7-10-19)21-11-1-8-18;/h2-5,15H,1,6-12,18H2;1H. The predicted molar refractivity (Wildman–Crippen MR) is 96.1 cm³/mol. The highest BCUT2D eigenvalue weighted by Crippen LogP contribution is 2.17. The summed E-state index contributed by atoms with van der Waals surface area (Å²) in [5.41, 5.74) is 5.45. The van der Waals surface area contributed by atoms with Gasteiger partial charge in [-0.3, -0.25) is 4.79 Å². The molecule has 2 N–H and O–H groups in total. The highest BCUT2D eigenvalue weighted by atomic mass is 79.9. The van der Waals surface area contributed by atoms with Crippen LogP contribution in [0.25, 0.3) is 0 Å². The molecule has 2 rings (SSSR count). The fraction of sp³-hybridized carbons (Fsp3) is 0.562. The third-order valence-corrected chi connectivity index (χ3v) is 4.20. The third kappa shape index (κ3) is 7.08. The van der Waals surface area contributed by atoms with Crippen LogP contribution >= 0.6 is 28.3 Å². The first kappa shape index (κ1) is 20.2. The zero-order chi connectivity index (χ0) is 15.8. The van der Waals surface area contributed by atoms with E-state index in [0.717, 1.165) is 36.8 Å². The molecule has 1 amide bonds. The van der Waals surface area contributed by atoms with Crippen LogP contribution in [-0.2, 0) is 9.53 Å². The number of ether oxygens (including phenoxy) is 2. The highest BCUT2D eigenvalue weighted by molar-refractivity contribution is 9.10. The van der Waals surface area contributed by atoms with E-state index in [1.54, 1.807) is 0 Å². The van der Waals surface area contributed by atoms with Gasteiger partial charge in [-0.2, -0.15) is 0 Å². The number of rotatable bonds is 7. The van der Waals surface area contributed by atoms with E-state index in [1.807, 2.05) is 29.2 Å². The molecule has 0 unspecified atom stereocenters. The molecule has 1 fully saturated rings. The van der Waals surface area contributed by atoms with Gasteiger partial charge in [0.05, 0.1) is 6.10 Å². The number of piperidine rings is 1. The Morgan fingerprint density at radius 2 is 1.91 bits per heavy atom. The maximum absolute atomic E-state index is 12.1. The monoisotopic (exact) mass is 406 g/mol. The number of amides is 1. The van der Waals surface area contributed by atoms with Crippen molar-refractivity contribution in [2.45, 2.75) is 25.4 Å². The lowest BCUT2D eigenvalue weighted by atomic mass is 10.1. The van der Waals surface area contributed by atoms with Crippen molar-refractivity contribution >= 4 is 34.2 Å². The fourth-order valence-corrected chi connectivity index (χ4v) is 2.64. The summed E-state index contributed by atoms with van der Waals surface area (Å²) in [7, 11) is 0. The summed E-state index contributed by atoms with van der Waals surface area (Å²) in [6, 6.07) is 7.47. The van der Waals surface area contributed by atoms with Crippen molar-refractivity contribution in [1.29, 1.82) is 0 Å². The summed E-state index contributed by atoms with van der Waals surface area (Å²) in [5, 5.41) is 0. The molecule has 23 heavy (non-hydrogen) atoms. The molecule has 1 aliphatic rings. The predicted octanol–water partition coefficient (Wildman–Crippen LogP) is 2.61. The lowest BCUT2D eigenvalue weighted by Gasteiger charge is -2.31. The van der Waals surface area contributed by atoms with Gasteiger partial charge in [0.15, 0.2) is 6.61 Å². The van der Waals surface area contributed by atoms with E-state index < -0.39 is 0 Å². The molecule has 0 aliphatic carbocycles. The Kier molecular flexibility index (Phi) is 9.55. The van der Waals surface area contributed by atoms with Crippen molar-refractivity contribution < 1.29 is 14.3 Å². The summed E-state index contributed by atoms with van der Waals surface area (Å²) >= 11 is 3.37. The van der Waals surface area contributed by atoms with Gasteiger partial charge in [0.25, 0.3) is 5.91 Å². The largest absolute Gasteiger partial charge is 0.484 e. The normalized spacial score (nSPS) is 15.1. The Morgan fingerprint density at radius 3 is 2.52 bits per heavy atom. The lowest BCUT2D eigenvalue weighted by molar-refractivity contribution is -0.136. The summed E-state index contributed by atoms with van der Waals surface area (Å²) in [5.74, 6) is 0.736. The van der Waals surface area contributed by atoms with E-state index in [2.05, 4.69) is 15.9 Å². The van der Waals surface area contributed by atoms with Crippen molar-refractivity contribution in [3.63, 3.8) is 0 Å². The summed E-state index contributed by atoms with van der Waals surface area (Å²) in [4.78, 5) is 14.0. The zero-order valence-corrected chi connectivity index (χ0v) is 15.5. The van der Waals surface area contributed by atoms with Crippen LogP contribution in [0, 0.1) is 0 Å². The van der Waals surface area contributed by atoms with Gasteiger partial charge in [0, 0.05) is 24.2 Å². The van der Waals surface area contributed by atoms with Crippen LogP contribution in [0.2, 0.25) is 0 Å². The summed E-state index contributed by atoms with van der Waals surface area (Å²) in [6.07, 6.45) is 2.91. The quantitative estimate of drug-likeness (QED) is 0.706. The maximum Gasteiger partial charge on any atom is 0.260 e. The topological polar surface area (TPSA) is 64.8 Å². The Labute approximate surface area is 152 Å². The minimum absolute atomic E-state index is 0. The minimum atomic E-state index is 0. The molecular weight excluding hydrogens is 384 g/mol. The van der Waals surface area contributed by atoms with Crippen molar-refractivity contribution in [3.05, 3.63) is 28.7 Å². The van der Waals surface area contributed by atoms with Gasteiger partial charge in [0.2, 0.25) is 0 Å². The zero-order valence-electron chi connectivity index (χ0n) is 13.1. The molecule has 0 atom stereocenters. The number of benzene rings is 1. The van der Waals surface area contributed by atoms with Crippen LogP contribution in [-0.4, -0.2) is 49.8 Å².